The number of aromatic nitrogens is 4. The number of hydrogen-bond donors (Lipinski definition) is 8. The number of hydrogen-bond acceptors (Lipinski definition) is 19. The van der Waals surface area contributed by atoms with Crippen molar-refractivity contribution in [3.63, 3.8) is 0 Å². The molecule has 0 atom stereocenters. The van der Waals surface area contributed by atoms with Crippen LogP contribution in [0.2, 0.25) is 0 Å². The highest BCUT2D eigenvalue weighted by molar-refractivity contribution is 6.04. The van der Waals surface area contributed by atoms with Crippen molar-refractivity contribution in [2.75, 3.05) is 56.9 Å². The molecule has 4 amide bonds. The summed E-state index contributed by atoms with van der Waals surface area (Å²) in [5.74, 6) is -2.11. The molecule has 6 rings (SSSR count). The normalized spacial score (nSPS) is 10.9. The summed E-state index contributed by atoms with van der Waals surface area (Å²) in [4.78, 5) is 109. The highest BCUT2D eigenvalue weighted by Crippen LogP contribution is 2.27. The Bertz CT molecular complexity index is 3430. The van der Waals surface area contributed by atoms with Crippen molar-refractivity contribution >= 4 is 58.6 Å². The van der Waals surface area contributed by atoms with Gasteiger partial charge in [-0.25, -0.2) is 14.8 Å². The number of ether oxygens (including phenoxy) is 4. The molecular formula is C58H71N13O13. The van der Waals surface area contributed by atoms with Gasteiger partial charge in [0.25, 0.3) is 28.6 Å². The molecule has 0 bridgehead atoms. The second kappa shape index (κ2) is 30.8. The highest BCUT2D eigenvalue weighted by Gasteiger charge is 2.24. The van der Waals surface area contributed by atoms with E-state index in [1.54, 1.807) is 57.2 Å². The molecule has 0 fully saturated rings. The predicted molar refractivity (Wildman–Crippen MR) is 316 cm³/mol. The third-order valence-corrected chi connectivity index (χ3v) is 11.5. The fourth-order valence-corrected chi connectivity index (χ4v) is 7.78. The van der Waals surface area contributed by atoms with Gasteiger partial charge in [-0.2, -0.15) is 0 Å². The lowest BCUT2D eigenvalue weighted by molar-refractivity contribution is -0.384. The topological polar surface area (TPSA) is 357 Å². The SMILES string of the molecule is COCCNC(=O)c1cc(-c2cnc(NC(C)C)c(=O)n2CC(=O)OC(C)(C)C)cc([N+](=O)[O-])c1.COCCNC(=O)c1cc(N)cc(-c2cnc(NC(C)C)c(=O)n2CC(=O)NCc2ccc(C(=N)NC(=O)OCc3ccccc3)cc2)c1. The molecule has 0 saturated heterocycles. The van der Waals surface area contributed by atoms with E-state index in [-0.39, 0.29) is 102 Å². The van der Waals surface area contributed by atoms with Crippen LogP contribution in [-0.2, 0) is 54.8 Å². The zero-order valence-corrected chi connectivity index (χ0v) is 48.2. The van der Waals surface area contributed by atoms with Crippen LogP contribution in [0.5, 0.6) is 0 Å². The predicted octanol–water partition coefficient (Wildman–Crippen LogP) is 5.61. The van der Waals surface area contributed by atoms with Crippen LogP contribution in [-0.4, -0.2) is 118 Å². The number of amides is 4. The summed E-state index contributed by atoms with van der Waals surface area (Å²) < 4.78 is 22.8. The summed E-state index contributed by atoms with van der Waals surface area (Å²) >= 11 is 0. The number of alkyl carbamates (subject to hydrolysis) is 1. The number of esters is 1. The number of rotatable bonds is 24. The van der Waals surface area contributed by atoms with E-state index in [4.69, 9.17) is 30.1 Å². The maximum absolute atomic E-state index is 13.6. The van der Waals surface area contributed by atoms with Crippen LogP contribution < -0.4 is 48.8 Å². The van der Waals surface area contributed by atoms with Gasteiger partial charge in [0.05, 0.1) is 41.9 Å². The first-order valence-corrected chi connectivity index (χ1v) is 26.5. The zero-order valence-electron chi connectivity index (χ0n) is 48.2. The number of nitrogen functional groups attached to an aromatic ring is 1. The summed E-state index contributed by atoms with van der Waals surface area (Å²) in [6.45, 7) is 13.0. The lowest BCUT2D eigenvalue weighted by atomic mass is 10.1. The highest BCUT2D eigenvalue weighted by atomic mass is 16.6. The number of benzene rings is 4. The first kappa shape index (κ1) is 65.0. The van der Waals surface area contributed by atoms with E-state index >= 15 is 0 Å². The lowest BCUT2D eigenvalue weighted by Gasteiger charge is -2.21. The summed E-state index contributed by atoms with van der Waals surface area (Å²) in [6, 6.07) is 24.1. The summed E-state index contributed by atoms with van der Waals surface area (Å²) in [7, 11) is 3.01. The van der Waals surface area contributed by atoms with Gasteiger partial charge in [0, 0.05) is 91.6 Å². The number of nitro benzene ring substituents is 1. The fourth-order valence-electron chi connectivity index (χ4n) is 7.78. The molecule has 84 heavy (non-hydrogen) atoms. The van der Waals surface area contributed by atoms with Crippen LogP contribution in [0.25, 0.3) is 22.5 Å². The van der Waals surface area contributed by atoms with Crippen molar-refractivity contribution in [2.24, 2.45) is 0 Å². The van der Waals surface area contributed by atoms with Crippen LogP contribution in [0.4, 0.5) is 27.8 Å². The van der Waals surface area contributed by atoms with Crippen LogP contribution in [0.3, 0.4) is 0 Å². The molecule has 0 radical (unpaired) electrons. The quantitative estimate of drug-likeness (QED) is 0.00694. The molecule has 9 N–H and O–H groups in total. The second-order valence-electron chi connectivity index (χ2n) is 20.4. The molecule has 26 heteroatoms. The van der Waals surface area contributed by atoms with Crippen molar-refractivity contribution in [1.82, 2.24) is 40.4 Å². The molecule has 26 nitrogen and oxygen atoms in total. The van der Waals surface area contributed by atoms with Gasteiger partial charge in [-0.3, -0.25) is 58.7 Å². The molecule has 0 aliphatic heterocycles. The van der Waals surface area contributed by atoms with Gasteiger partial charge in [-0.1, -0.05) is 54.6 Å². The van der Waals surface area contributed by atoms with Crippen LogP contribution in [0.1, 0.15) is 85.9 Å². The number of anilines is 3. The maximum atomic E-state index is 13.6. The van der Waals surface area contributed by atoms with Gasteiger partial charge in [0.15, 0.2) is 11.6 Å². The van der Waals surface area contributed by atoms with Crippen molar-refractivity contribution in [1.29, 1.82) is 5.41 Å². The second-order valence-corrected chi connectivity index (χ2v) is 20.4. The van der Waals surface area contributed by atoms with Crippen LogP contribution in [0.15, 0.2) is 113 Å². The summed E-state index contributed by atoms with van der Waals surface area (Å²) in [5.41, 5.74) is 7.42. The van der Waals surface area contributed by atoms with E-state index in [0.29, 0.717) is 30.0 Å². The van der Waals surface area contributed by atoms with E-state index in [1.165, 1.54) is 49.4 Å². The van der Waals surface area contributed by atoms with Gasteiger partial charge >= 0.3 is 12.1 Å². The Balaban J connectivity index is 0.000000326. The molecule has 2 heterocycles. The third kappa shape index (κ3) is 20.0. The van der Waals surface area contributed by atoms with Crippen molar-refractivity contribution < 1.29 is 47.8 Å². The minimum atomic E-state index is -0.786. The Hall–Kier alpha value is -9.82. The molecule has 446 valence electrons. The first-order valence-electron chi connectivity index (χ1n) is 26.5. The molecule has 0 aliphatic rings. The molecule has 4 aromatic carbocycles. The number of carbonyl (C=O) groups is 5. The Labute approximate surface area is 484 Å². The lowest BCUT2D eigenvalue weighted by Crippen LogP contribution is -2.35. The molecule has 2 aromatic heterocycles. The van der Waals surface area contributed by atoms with Crippen molar-refractivity contribution in [2.45, 2.75) is 92.4 Å². The largest absolute Gasteiger partial charge is 0.459 e. The van der Waals surface area contributed by atoms with E-state index in [0.717, 1.165) is 21.8 Å². The molecule has 0 spiro atoms. The number of carbonyl (C=O) groups excluding carboxylic acids is 5. The van der Waals surface area contributed by atoms with E-state index < -0.39 is 52.1 Å². The fraction of sp³-hybridized carbons (Fsp3) is 0.345. The standard InChI is InChI=1S/C35H40N8O6.C23H31N5O7/c1-22(2)41-32-34(46)43(29(19-40-32)26-15-27(17-28(36)16-26)33(45)38-13-14-48-3)20-30(44)39-18-23-9-11-25(12-10-23)31(37)42-35(47)49-21-24-7-5-4-6-8-24;1-14(2)26-20-22(31)27(13-19(29)35-23(3,4)5)18(12-25-20)15-9-16(11-17(10-15)28(32)33)21(30)24-7-8-34-6/h4-12,15-17,19,22H,13-14,18,20-21,36H2,1-3H3,(H,38,45)(H,39,44)(H,40,41)(H2,37,42,47);9-12,14H,7-8,13H2,1-6H3,(H,24,30)(H,25,26). The first-order chi connectivity index (χ1) is 39.8. The average molecular weight is 1160 g/mol. The molecular weight excluding hydrogens is 1090 g/mol. The van der Waals surface area contributed by atoms with Gasteiger partial charge in [0.2, 0.25) is 5.91 Å². The maximum Gasteiger partial charge on any atom is 0.413 e. The number of nitrogens with one attached hydrogen (secondary N) is 7. The number of non-ortho nitro benzene ring substituents is 1. The van der Waals surface area contributed by atoms with Crippen LogP contribution >= 0.6 is 0 Å². The molecule has 0 aliphatic carbocycles. The molecule has 0 unspecified atom stereocenters. The minimum Gasteiger partial charge on any atom is -0.459 e. The van der Waals surface area contributed by atoms with Gasteiger partial charge in [0.1, 0.15) is 31.1 Å². The minimum absolute atomic E-state index is 0.00551. The summed E-state index contributed by atoms with van der Waals surface area (Å²) in [5, 5.41) is 36.3. The number of amidine groups is 1. The van der Waals surface area contributed by atoms with Gasteiger partial charge in [-0.05, 0) is 83.9 Å². The van der Waals surface area contributed by atoms with Crippen molar-refractivity contribution in [3.05, 3.63) is 162 Å². The number of methoxy groups -OCH3 is 2. The number of nitrogens with two attached hydrogens (primary N) is 1. The average Bonchev–Trinajstić information content (AvgIpc) is 2.14. The van der Waals surface area contributed by atoms with E-state index in [9.17, 15) is 43.7 Å². The number of nitrogens with zero attached hydrogens (tertiary/aromatic N) is 5. The van der Waals surface area contributed by atoms with E-state index in [2.05, 4.69) is 41.9 Å². The summed E-state index contributed by atoms with van der Waals surface area (Å²) in [6.07, 6.45) is 2.03. The Morgan fingerprint density at radius 2 is 1.21 bits per heavy atom. The smallest absolute Gasteiger partial charge is 0.413 e. The van der Waals surface area contributed by atoms with Gasteiger partial charge < -0.3 is 51.3 Å². The molecule has 6 aromatic rings. The zero-order chi connectivity index (χ0) is 61.7. The third-order valence-electron chi connectivity index (χ3n) is 11.5. The Morgan fingerprint density at radius 3 is 1.73 bits per heavy atom. The van der Waals surface area contributed by atoms with Crippen molar-refractivity contribution in [3.8, 4) is 22.5 Å². The number of nitro groups is 1. The van der Waals surface area contributed by atoms with E-state index in [1.807, 2.05) is 58.0 Å². The Kier molecular flexibility index (Phi) is 23.9. The van der Waals surface area contributed by atoms with Gasteiger partial charge in [-0.15, -0.1) is 0 Å². The Morgan fingerprint density at radius 1 is 0.690 bits per heavy atom. The molecule has 0 saturated carbocycles. The van der Waals surface area contributed by atoms with Crippen LogP contribution in [0, 0.1) is 15.5 Å². The monoisotopic (exact) mass is 1160 g/mol.